The molecule has 3 aromatic rings. The fourth-order valence-corrected chi connectivity index (χ4v) is 5.11. The quantitative estimate of drug-likeness (QED) is 0.215. The van der Waals surface area contributed by atoms with Crippen molar-refractivity contribution in [3.8, 4) is 0 Å². The number of nitrogens with zero attached hydrogens (tertiary/aromatic N) is 3. The second-order valence-electron chi connectivity index (χ2n) is 7.54. The number of nitro groups is 1. The summed E-state index contributed by atoms with van der Waals surface area (Å²) in [7, 11) is -4.14. The van der Waals surface area contributed by atoms with Gasteiger partial charge in [0.1, 0.15) is 0 Å². The Morgan fingerprint density at radius 2 is 1.69 bits per heavy atom. The smallest absolute Gasteiger partial charge is 0.270 e. The first-order valence-electron chi connectivity index (χ1n) is 10.2. The molecule has 9 nitrogen and oxygen atoms in total. The Hall–Kier alpha value is -3.02. The van der Waals surface area contributed by atoms with Crippen LogP contribution in [0, 0.1) is 17.0 Å². The second-order valence-corrected chi connectivity index (χ2v) is 10.7. The molecule has 36 heavy (non-hydrogen) atoms. The van der Waals surface area contributed by atoms with Crippen LogP contribution in [-0.2, 0) is 21.4 Å². The number of benzene rings is 3. The van der Waals surface area contributed by atoms with Gasteiger partial charge in [-0.3, -0.25) is 14.9 Å². The molecule has 0 saturated heterocycles. The van der Waals surface area contributed by atoms with Crippen molar-refractivity contribution < 1.29 is 18.1 Å². The van der Waals surface area contributed by atoms with Crippen LogP contribution in [0.2, 0.25) is 15.1 Å². The Bertz CT molecular complexity index is 1410. The van der Waals surface area contributed by atoms with Crippen LogP contribution in [0.4, 0.5) is 5.69 Å². The van der Waals surface area contributed by atoms with E-state index in [1.807, 2.05) is 6.92 Å². The summed E-state index contributed by atoms with van der Waals surface area (Å²) in [6, 6.07) is 14.6. The number of carbonyl (C=O) groups excluding carboxylic acids is 1. The molecule has 3 rings (SSSR count). The van der Waals surface area contributed by atoms with Crippen molar-refractivity contribution in [1.29, 1.82) is 0 Å². The fourth-order valence-electron chi connectivity index (χ4n) is 3.06. The lowest BCUT2D eigenvalue weighted by Crippen LogP contribution is -2.39. The van der Waals surface area contributed by atoms with E-state index >= 15 is 0 Å². The van der Waals surface area contributed by atoms with Crippen LogP contribution < -0.4 is 5.43 Å². The summed E-state index contributed by atoms with van der Waals surface area (Å²) >= 11 is 18.5. The van der Waals surface area contributed by atoms with Gasteiger partial charge in [0, 0.05) is 44.9 Å². The number of non-ortho nitro benzene ring substituents is 1. The summed E-state index contributed by atoms with van der Waals surface area (Å²) in [6.45, 7) is 0.928. The number of nitro benzene ring substituents is 1. The van der Waals surface area contributed by atoms with Crippen LogP contribution in [0.3, 0.4) is 0 Å². The van der Waals surface area contributed by atoms with Gasteiger partial charge in [-0.2, -0.15) is 9.41 Å². The van der Waals surface area contributed by atoms with Crippen molar-refractivity contribution in [2.24, 2.45) is 5.10 Å². The minimum absolute atomic E-state index is 0.0176. The van der Waals surface area contributed by atoms with E-state index in [2.05, 4.69) is 10.5 Å². The molecule has 13 heteroatoms. The van der Waals surface area contributed by atoms with Crippen LogP contribution in [0.15, 0.2) is 70.7 Å². The molecule has 0 aliphatic carbocycles. The Morgan fingerprint density at radius 3 is 2.31 bits per heavy atom. The average molecular weight is 570 g/mol. The summed E-state index contributed by atoms with van der Waals surface area (Å²) in [4.78, 5) is 23.0. The lowest BCUT2D eigenvalue weighted by Gasteiger charge is -2.22. The van der Waals surface area contributed by atoms with E-state index < -0.39 is 27.4 Å². The van der Waals surface area contributed by atoms with Gasteiger partial charge in [0.15, 0.2) is 0 Å². The molecule has 0 heterocycles. The molecular weight excluding hydrogens is 551 g/mol. The topological polar surface area (TPSA) is 122 Å². The number of rotatable bonds is 9. The molecule has 1 amide bonds. The van der Waals surface area contributed by atoms with Crippen molar-refractivity contribution in [3.63, 3.8) is 0 Å². The van der Waals surface area contributed by atoms with Gasteiger partial charge in [-0.05, 0) is 37.3 Å². The normalized spacial score (nSPS) is 11.7. The Morgan fingerprint density at radius 1 is 1.06 bits per heavy atom. The first kappa shape index (κ1) is 27.6. The number of sulfonamides is 1. The first-order chi connectivity index (χ1) is 17.0. The third-order valence-corrected chi connectivity index (χ3v) is 7.82. The maximum atomic E-state index is 13.4. The third kappa shape index (κ3) is 6.80. The highest BCUT2D eigenvalue weighted by Crippen LogP contribution is 2.28. The van der Waals surface area contributed by atoms with Crippen molar-refractivity contribution in [3.05, 3.63) is 103 Å². The minimum Gasteiger partial charge on any atom is -0.272 e. The largest absolute Gasteiger partial charge is 0.272 e. The zero-order valence-corrected chi connectivity index (χ0v) is 21.8. The molecule has 0 atom stereocenters. The Balaban J connectivity index is 1.85. The maximum absolute atomic E-state index is 13.4. The summed E-state index contributed by atoms with van der Waals surface area (Å²) in [5.74, 6) is -0.772. The fraction of sp³-hybridized carbons (Fsp3) is 0.130. The molecule has 0 aliphatic heterocycles. The molecule has 188 valence electrons. The van der Waals surface area contributed by atoms with Gasteiger partial charge in [-0.1, -0.05) is 58.6 Å². The van der Waals surface area contributed by atoms with E-state index in [0.29, 0.717) is 5.56 Å². The van der Waals surface area contributed by atoms with Crippen molar-refractivity contribution in [1.82, 2.24) is 9.73 Å². The van der Waals surface area contributed by atoms with Crippen LogP contribution in [0.1, 0.15) is 16.7 Å². The molecule has 0 spiro atoms. The van der Waals surface area contributed by atoms with Gasteiger partial charge in [0.25, 0.3) is 11.6 Å². The molecule has 0 unspecified atom stereocenters. The number of hydrogen-bond acceptors (Lipinski definition) is 6. The SMILES string of the molecule is Cc1ccc(S(=O)(=O)N(CC(=O)N/N=C\c2cc([N+](=O)[O-])ccc2Cl)Cc2c(Cl)cccc2Cl)cc1. The lowest BCUT2D eigenvalue weighted by molar-refractivity contribution is -0.384. The molecule has 0 fully saturated rings. The predicted octanol–water partition coefficient (Wildman–Crippen LogP) is 5.20. The summed E-state index contributed by atoms with van der Waals surface area (Å²) in [5, 5.41) is 15.4. The molecule has 0 bridgehead atoms. The zero-order chi connectivity index (χ0) is 26.5. The van der Waals surface area contributed by atoms with E-state index in [0.717, 1.165) is 16.1 Å². The van der Waals surface area contributed by atoms with E-state index in [1.165, 1.54) is 30.3 Å². The molecule has 0 radical (unpaired) electrons. The summed E-state index contributed by atoms with van der Waals surface area (Å²) in [5.41, 5.74) is 3.39. The van der Waals surface area contributed by atoms with Crippen LogP contribution in [-0.4, -0.2) is 36.3 Å². The molecule has 3 aromatic carbocycles. The number of hydrogen-bond donors (Lipinski definition) is 1. The van der Waals surface area contributed by atoms with E-state index in [1.54, 1.807) is 30.3 Å². The zero-order valence-electron chi connectivity index (χ0n) is 18.7. The van der Waals surface area contributed by atoms with Crippen molar-refractivity contribution in [2.45, 2.75) is 18.4 Å². The number of nitrogens with one attached hydrogen (secondary N) is 1. The highest BCUT2D eigenvalue weighted by atomic mass is 35.5. The Labute approximate surface area is 222 Å². The molecule has 1 N–H and O–H groups in total. The average Bonchev–Trinajstić information content (AvgIpc) is 2.82. The maximum Gasteiger partial charge on any atom is 0.270 e. The first-order valence-corrected chi connectivity index (χ1v) is 12.8. The monoisotopic (exact) mass is 568 g/mol. The predicted molar refractivity (Wildman–Crippen MR) is 139 cm³/mol. The molecular formula is C23H19Cl3N4O5S. The number of hydrazone groups is 1. The van der Waals surface area contributed by atoms with E-state index in [9.17, 15) is 23.3 Å². The van der Waals surface area contributed by atoms with Crippen LogP contribution >= 0.6 is 34.8 Å². The van der Waals surface area contributed by atoms with Gasteiger partial charge in [-0.15, -0.1) is 0 Å². The standard InChI is InChI=1S/C23H19Cl3N4O5S/c1-15-5-8-18(9-6-15)36(34,35)29(13-19-21(25)3-2-4-22(19)26)14-23(31)28-27-12-16-11-17(30(32)33)7-10-20(16)24/h2-12H,13-14H2,1H3,(H,28,31)/b27-12-. The summed E-state index contributed by atoms with van der Waals surface area (Å²) in [6.07, 6.45) is 1.12. The van der Waals surface area contributed by atoms with E-state index in [-0.39, 0.29) is 37.8 Å². The minimum atomic E-state index is -4.14. The van der Waals surface area contributed by atoms with Gasteiger partial charge in [-0.25, -0.2) is 13.8 Å². The highest BCUT2D eigenvalue weighted by molar-refractivity contribution is 7.89. The lowest BCUT2D eigenvalue weighted by atomic mass is 10.2. The number of carbonyl (C=O) groups is 1. The number of amides is 1. The molecule has 0 aliphatic rings. The van der Waals surface area contributed by atoms with Crippen LogP contribution in [0.5, 0.6) is 0 Å². The second kappa shape index (κ2) is 11.8. The number of halogens is 3. The van der Waals surface area contributed by atoms with Crippen LogP contribution in [0.25, 0.3) is 0 Å². The third-order valence-electron chi connectivity index (χ3n) is 4.96. The summed E-state index contributed by atoms with van der Waals surface area (Å²) < 4.78 is 27.7. The van der Waals surface area contributed by atoms with Crippen molar-refractivity contribution >= 4 is 62.6 Å². The van der Waals surface area contributed by atoms with Gasteiger partial charge in [0.2, 0.25) is 10.0 Å². The van der Waals surface area contributed by atoms with E-state index in [4.69, 9.17) is 34.8 Å². The highest BCUT2D eigenvalue weighted by Gasteiger charge is 2.28. The van der Waals surface area contributed by atoms with Gasteiger partial charge >= 0.3 is 0 Å². The van der Waals surface area contributed by atoms with Crippen molar-refractivity contribution in [2.75, 3.05) is 6.54 Å². The van der Waals surface area contributed by atoms with Gasteiger partial charge < -0.3 is 0 Å². The molecule has 0 saturated carbocycles. The number of aryl methyl sites for hydroxylation is 1. The van der Waals surface area contributed by atoms with Gasteiger partial charge in [0.05, 0.1) is 22.6 Å². The molecule has 0 aromatic heterocycles. The Kier molecular flexibility index (Phi) is 9.04.